The summed E-state index contributed by atoms with van der Waals surface area (Å²) in [6.45, 7) is 3.96. The van der Waals surface area contributed by atoms with E-state index in [1.54, 1.807) is 4.68 Å². The van der Waals surface area contributed by atoms with Crippen molar-refractivity contribution in [1.82, 2.24) is 29.9 Å². The summed E-state index contributed by atoms with van der Waals surface area (Å²) >= 11 is 0. The average molecular weight is 392 g/mol. The minimum absolute atomic E-state index is 0.0336. The molecule has 150 valence electrons. The van der Waals surface area contributed by atoms with Gasteiger partial charge in [0.15, 0.2) is 11.2 Å². The van der Waals surface area contributed by atoms with Gasteiger partial charge in [-0.25, -0.2) is 9.67 Å². The molecule has 1 N–H and O–H groups in total. The number of aryl methyl sites for hydroxylation is 1. The quantitative estimate of drug-likeness (QED) is 0.732. The standard InChI is InChI=1S/C21H24N6O2/c1-13-4-6-14(7-5-13)11-27-19-17(24-25-27)20(28)23-18(22-19)16-3-2-10-26(12-16)21(29)15-8-9-15/h4-7,15-16H,2-3,8-12H2,1H3,(H,22,23,28). The summed E-state index contributed by atoms with van der Waals surface area (Å²) in [4.78, 5) is 34.6. The number of hydrogen-bond donors (Lipinski definition) is 1. The van der Waals surface area contributed by atoms with Crippen LogP contribution < -0.4 is 5.56 Å². The van der Waals surface area contributed by atoms with E-state index in [2.05, 4.69) is 15.3 Å². The summed E-state index contributed by atoms with van der Waals surface area (Å²) in [5, 5.41) is 8.19. The largest absolute Gasteiger partial charge is 0.342 e. The van der Waals surface area contributed by atoms with Crippen molar-refractivity contribution in [2.75, 3.05) is 13.1 Å². The van der Waals surface area contributed by atoms with E-state index in [0.29, 0.717) is 24.6 Å². The highest BCUT2D eigenvalue weighted by Crippen LogP contribution is 2.33. The van der Waals surface area contributed by atoms with E-state index in [0.717, 1.165) is 37.8 Å². The van der Waals surface area contributed by atoms with Crippen LogP contribution in [0.25, 0.3) is 11.2 Å². The molecule has 2 fully saturated rings. The molecule has 1 saturated heterocycles. The van der Waals surface area contributed by atoms with Gasteiger partial charge in [0.25, 0.3) is 5.56 Å². The van der Waals surface area contributed by atoms with E-state index >= 15 is 0 Å². The van der Waals surface area contributed by atoms with Crippen LogP contribution in [0.15, 0.2) is 29.1 Å². The molecule has 5 rings (SSSR count). The van der Waals surface area contributed by atoms with Crippen molar-refractivity contribution in [3.63, 3.8) is 0 Å². The first-order valence-corrected chi connectivity index (χ1v) is 10.3. The molecule has 1 aromatic carbocycles. The van der Waals surface area contributed by atoms with Gasteiger partial charge in [0.1, 0.15) is 5.82 Å². The summed E-state index contributed by atoms with van der Waals surface area (Å²) in [5.74, 6) is 1.13. The first-order valence-electron chi connectivity index (χ1n) is 10.3. The maximum atomic E-state index is 12.6. The molecule has 2 aliphatic rings. The van der Waals surface area contributed by atoms with Crippen molar-refractivity contribution in [2.45, 2.75) is 45.1 Å². The summed E-state index contributed by atoms with van der Waals surface area (Å²) in [7, 11) is 0. The number of piperidine rings is 1. The van der Waals surface area contributed by atoms with Gasteiger partial charge >= 0.3 is 0 Å². The fraction of sp³-hybridized carbons (Fsp3) is 0.476. The Bertz CT molecular complexity index is 1110. The number of nitrogens with one attached hydrogen (secondary N) is 1. The monoisotopic (exact) mass is 392 g/mol. The maximum Gasteiger partial charge on any atom is 0.281 e. The molecule has 3 aromatic rings. The van der Waals surface area contributed by atoms with Crippen LogP contribution >= 0.6 is 0 Å². The third-order valence-corrected chi connectivity index (χ3v) is 5.89. The Morgan fingerprint density at radius 1 is 1.21 bits per heavy atom. The second-order valence-electron chi connectivity index (χ2n) is 8.25. The molecular weight excluding hydrogens is 368 g/mol. The van der Waals surface area contributed by atoms with Gasteiger partial charge in [-0.05, 0) is 38.2 Å². The number of benzene rings is 1. The van der Waals surface area contributed by atoms with Crippen LogP contribution in [0.5, 0.6) is 0 Å². The van der Waals surface area contributed by atoms with Gasteiger partial charge < -0.3 is 9.88 Å². The highest BCUT2D eigenvalue weighted by molar-refractivity contribution is 5.81. The average Bonchev–Trinajstić information content (AvgIpc) is 3.51. The highest BCUT2D eigenvalue weighted by atomic mass is 16.2. The lowest BCUT2D eigenvalue weighted by Crippen LogP contribution is -2.40. The Morgan fingerprint density at radius 2 is 2.00 bits per heavy atom. The molecule has 29 heavy (non-hydrogen) atoms. The molecule has 0 radical (unpaired) electrons. The summed E-state index contributed by atoms with van der Waals surface area (Å²) < 4.78 is 1.68. The van der Waals surface area contributed by atoms with Gasteiger partial charge in [-0.3, -0.25) is 9.59 Å². The van der Waals surface area contributed by atoms with E-state index in [1.165, 1.54) is 5.56 Å². The molecule has 1 aliphatic carbocycles. The zero-order chi connectivity index (χ0) is 20.0. The normalized spacial score (nSPS) is 19.6. The van der Waals surface area contributed by atoms with Crippen molar-refractivity contribution in [1.29, 1.82) is 0 Å². The lowest BCUT2D eigenvalue weighted by molar-refractivity contribution is -0.133. The lowest BCUT2D eigenvalue weighted by Gasteiger charge is -2.32. The fourth-order valence-electron chi connectivity index (χ4n) is 4.04. The molecule has 8 heteroatoms. The molecular formula is C21H24N6O2. The fourth-order valence-corrected chi connectivity index (χ4v) is 4.04. The van der Waals surface area contributed by atoms with Gasteiger partial charge in [0, 0.05) is 24.9 Å². The van der Waals surface area contributed by atoms with Crippen molar-refractivity contribution in [3.8, 4) is 0 Å². The Hall–Kier alpha value is -3.03. The van der Waals surface area contributed by atoms with Crippen LogP contribution in [0.1, 0.15) is 48.6 Å². The topological polar surface area (TPSA) is 96.8 Å². The van der Waals surface area contributed by atoms with Crippen molar-refractivity contribution < 1.29 is 4.79 Å². The van der Waals surface area contributed by atoms with Gasteiger partial charge in [0.05, 0.1) is 6.54 Å². The smallest absolute Gasteiger partial charge is 0.281 e. The maximum absolute atomic E-state index is 12.6. The third-order valence-electron chi connectivity index (χ3n) is 5.89. The predicted molar refractivity (Wildman–Crippen MR) is 108 cm³/mol. The number of amides is 1. The number of likely N-dealkylation sites (tertiary alicyclic amines) is 1. The Morgan fingerprint density at radius 3 is 2.76 bits per heavy atom. The Kier molecular flexibility index (Phi) is 4.41. The van der Waals surface area contributed by atoms with Crippen molar-refractivity contribution >= 4 is 17.1 Å². The Labute approximate surface area is 167 Å². The van der Waals surface area contributed by atoms with Crippen LogP contribution in [0, 0.1) is 12.8 Å². The van der Waals surface area contributed by atoms with Crippen LogP contribution in [-0.4, -0.2) is 48.9 Å². The number of hydrogen-bond acceptors (Lipinski definition) is 5. The van der Waals surface area contributed by atoms with Crippen LogP contribution in [0.2, 0.25) is 0 Å². The second-order valence-corrected chi connectivity index (χ2v) is 8.25. The SMILES string of the molecule is Cc1ccc(Cn2nnc3c(=O)[nH]c(C4CCCN(C(=O)C5CC5)C4)nc32)cc1. The Balaban J connectivity index is 1.44. The molecule has 2 aromatic heterocycles. The predicted octanol–water partition coefficient (Wildman–Crippen LogP) is 1.99. The zero-order valence-corrected chi connectivity index (χ0v) is 16.5. The minimum atomic E-state index is -0.272. The summed E-state index contributed by atoms with van der Waals surface area (Å²) in [6.07, 6.45) is 3.84. The number of aromatic amines is 1. The number of H-pyrrole nitrogens is 1. The van der Waals surface area contributed by atoms with E-state index in [4.69, 9.17) is 4.98 Å². The molecule has 3 heterocycles. The number of carbonyl (C=O) groups excluding carboxylic acids is 1. The molecule has 1 saturated carbocycles. The molecule has 1 unspecified atom stereocenters. The first kappa shape index (κ1) is 18.0. The highest BCUT2D eigenvalue weighted by Gasteiger charge is 2.36. The van der Waals surface area contributed by atoms with Crippen molar-refractivity contribution in [2.24, 2.45) is 5.92 Å². The van der Waals surface area contributed by atoms with E-state index in [-0.39, 0.29) is 28.8 Å². The number of nitrogens with zero attached hydrogens (tertiary/aromatic N) is 5. The first-order chi connectivity index (χ1) is 14.1. The van der Waals surface area contributed by atoms with E-state index in [9.17, 15) is 9.59 Å². The van der Waals surface area contributed by atoms with Gasteiger partial charge in [-0.15, -0.1) is 5.10 Å². The zero-order valence-electron chi connectivity index (χ0n) is 16.5. The van der Waals surface area contributed by atoms with Gasteiger partial charge in [-0.2, -0.15) is 0 Å². The molecule has 8 nitrogen and oxygen atoms in total. The molecule has 0 bridgehead atoms. The number of fused-ring (bicyclic) bond motifs is 1. The molecule has 1 aliphatic heterocycles. The van der Waals surface area contributed by atoms with Gasteiger partial charge in [-0.1, -0.05) is 35.0 Å². The van der Waals surface area contributed by atoms with E-state index in [1.807, 2.05) is 36.1 Å². The lowest BCUT2D eigenvalue weighted by atomic mass is 9.96. The van der Waals surface area contributed by atoms with Crippen LogP contribution in [0.4, 0.5) is 0 Å². The number of carbonyl (C=O) groups is 1. The van der Waals surface area contributed by atoms with Crippen molar-refractivity contribution in [3.05, 3.63) is 51.6 Å². The molecule has 0 spiro atoms. The molecule has 1 atom stereocenters. The van der Waals surface area contributed by atoms with Gasteiger partial charge in [0.2, 0.25) is 5.91 Å². The van der Waals surface area contributed by atoms with Crippen LogP contribution in [-0.2, 0) is 11.3 Å². The summed E-state index contributed by atoms with van der Waals surface area (Å²) in [6, 6.07) is 8.18. The second kappa shape index (κ2) is 7.09. The number of aromatic nitrogens is 5. The summed E-state index contributed by atoms with van der Waals surface area (Å²) in [5.41, 5.74) is 2.74. The molecule has 1 amide bonds. The number of rotatable bonds is 4. The van der Waals surface area contributed by atoms with Crippen LogP contribution in [0.3, 0.4) is 0 Å². The van der Waals surface area contributed by atoms with E-state index < -0.39 is 0 Å². The minimum Gasteiger partial charge on any atom is -0.342 e. The third kappa shape index (κ3) is 3.54.